The smallest absolute Gasteiger partial charge is 0.245 e. The summed E-state index contributed by atoms with van der Waals surface area (Å²) in [5, 5.41) is 2.56. The van der Waals surface area contributed by atoms with Crippen molar-refractivity contribution in [2.24, 2.45) is 0 Å². The van der Waals surface area contributed by atoms with Crippen LogP contribution in [0.25, 0.3) is 0 Å². The van der Waals surface area contributed by atoms with Gasteiger partial charge in [-0.3, -0.25) is 9.59 Å². The second kappa shape index (κ2) is 8.89. The van der Waals surface area contributed by atoms with Crippen molar-refractivity contribution >= 4 is 27.7 Å². The van der Waals surface area contributed by atoms with Crippen molar-refractivity contribution in [3.8, 4) is 0 Å². The van der Waals surface area contributed by atoms with Gasteiger partial charge in [0.15, 0.2) is 0 Å². The number of likely N-dealkylation sites (N-methyl/N-ethyl adjacent to an activating group) is 1. The Morgan fingerprint density at radius 1 is 1.25 bits per heavy atom. The van der Waals surface area contributed by atoms with E-state index in [4.69, 9.17) is 0 Å². The molecule has 2 aromatic rings. The lowest BCUT2D eigenvalue weighted by Crippen LogP contribution is -2.47. The molecule has 28 heavy (non-hydrogen) atoms. The fourth-order valence-corrected chi connectivity index (χ4v) is 3.70. The predicted molar refractivity (Wildman–Crippen MR) is 101 cm³/mol. The summed E-state index contributed by atoms with van der Waals surface area (Å²) in [5.41, 5.74) is 0.908. The number of benzene rings is 1. The third kappa shape index (κ3) is 5.57. The average Bonchev–Trinajstić information content (AvgIpc) is 2.60. The zero-order valence-corrected chi connectivity index (χ0v) is 16.5. The molecule has 10 heteroatoms. The van der Waals surface area contributed by atoms with Crippen molar-refractivity contribution in [3.63, 3.8) is 0 Å². The zero-order chi connectivity index (χ0) is 20.9. The fraction of sp³-hybridized carbons (Fsp3) is 0.278. The molecule has 2 N–H and O–H groups in total. The first-order valence-corrected chi connectivity index (χ1v) is 9.83. The molecule has 0 unspecified atom stereocenters. The number of nitrogens with one attached hydrogen (secondary N) is 2. The van der Waals surface area contributed by atoms with Gasteiger partial charge in [-0.25, -0.2) is 17.8 Å². The van der Waals surface area contributed by atoms with E-state index in [2.05, 4.69) is 15.0 Å². The van der Waals surface area contributed by atoms with Crippen molar-refractivity contribution < 1.29 is 22.4 Å². The zero-order valence-electron chi connectivity index (χ0n) is 15.6. The average molecular weight is 408 g/mol. The van der Waals surface area contributed by atoms with Gasteiger partial charge in [-0.05, 0) is 43.7 Å². The summed E-state index contributed by atoms with van der Waals surface area (Å²) in [7, 11) is -2.87. The molecule has 1 aromatic carbocycles. The van der Waals surface area contributed by atoms with Crippen LogP contribution in [0.4, 0.5) is 10.2 Å². The highest BCUT2D eigenvalue weighted by molar-refractivity contribution is 7.89. The van der Waals surface area contributed by atoms with Gasteiger partial charge in [0.25, 0.3) is 0 Å². The third-order valence-corrected chi connectivity index (χ3v) is 5.34. The van der Waals surface area contributed by atoms with Crippen molar-refractivity contribution in [3.05, 3.63) is 54.0 Å². The van der Waals surface area contributed by atoms with Crippen LogP contribution in [-0.4, -0.2) is 49.8 Å². The maximum absolute atomic E-state index is 13.7. The Bertz CT molecular complexity index is 981. The van der Waals surface area contributed by atoms with E-state index in [0.717, 1.165) is 22.6 Å². The Morgan fingerprint density at radius 2 is 1.93 bits per heavy atom. The molecule has 0 spiro atoms. The van der Waals surface area contributed by atoms with Gasteiger partial charge in [0.1, 0.15) is 16.5 Å². The summed E-state index contributed by atoms with van der Waals surface area (Å²) in [5.74, 6) is -1.71. The molecule has 0 aliphatic heterocycles. The van der Waals surface area contributed by atoms with Gasteiger partial charge in [-0.15, -0.1) is 0 Å². The Morgan fingerprint density at radius 3 is 2.57 bits per heavy atom. The first-order valence-electron chi connectivity index (χ1n) is 8.34. The van der Waals surface area contributed by atoms with E-state index in [1.807, 2.05) is 6.92 Å². The van der Waals surface area contributed by atoms with Gasteiger partial charge in [0.05, 0.1) is 12.6 Å². The van der Waals surface area contributed by atoms with E-state index < -0.39 is 38.6 Å². The number of rotatable bonds is 7. The Kier molecular flexibility index (Phi) is 6.81. The van der Waals surface area contributed by atoms with E-state index in [0.29, 0.717) is 5.82 Å². The van der Waals surface area contributed by atoms with Crippen molar-refractivity contribution in [1.29, 1.82) is 0 Å². The fourth-order valence-electron chi connectivity index (χ4n) is 2.42. The molecular formula is C18H21FN4O4S. The van der Waals surface area contributed by atoms with Crippen LogP contribution in [0.3, 0.4) is 0 Å². The molecule has 2 rings (SSSR count). The third-order valence-electron chi connectivity index (χ3n) is 3.77. The van der Waals surface area contributed by atoms with E-state index >= 15 is 0 Å². The molecule has 0 fully saturated rings. The molecule has 0 saturated heterocycles. The van der Waals surface area contributed by atoms with Gasteiger partial charge in [-0.1, -0.05) is 12.1 Å². The topological polar surface area (TPSA) is 108 Å². The van der Waals surface area contributed by atoms with Crippen LogP contribution in [-0.2, 0) is 19.6 Å². The van der Waals surface area contributed by atoms with Crippen molar-refractivity contribution in [2.45, 2.75) is 24.8 Å². The molecular weight excluding hydrogens is 387 g/mol. The molecule has 0 aliphatic carbocycles. The Balaban J connectivity index is 1.98. The number of pyridine rings is 1. The first-order chi connectivity index (χ1) is 13.1. The summed E-state index contributed by atoms with van der Waals surface area (Å²) in [6.07, 6.45) is 1.54. The number of hydrogen-bond donors (Lipinski definition) is 2. The molecule has 1 atom stereocenters. The summed E-state index contributed by atoms with van der Waals surface area (Å²) in [6.45, 7) is 2.85. The van der Waals surface area contributed by atoms with Crippen LogP contribution in [0.5, 0.6) is 0 Å². The van der Waals surface area contributed by atoms with Crippen LogP contribution in [0, 0.1) is 12.7 Å². The highest BCUT2D eigenvalue weighted by atomic mass is 32.2. The van der Waals surface area contributed by atoms with Crippen LogP contribution in [0.15, 0.2) is 47.5 Å². The highest BCUT2D eigenvalue weighted by Gasteiger charge is 2.27. The number of carbonyl (C=O) groups excluding carboxylic acids is 2. The second-order valence-electron chi connectivity index (χ2n) is 6.23. The minimum Gasteiger partial charge on any atom is -0.335 e. The summed E-state index contributed by atoms with van der Waals surface area (Å²) < 4.78 is 40.4. The minimum absolute atomic E-state index is 0.305. The van der Waals surface area contributed by atoms with Crippen molar-refractivity contribution in [2.75, 3.05) is 18.9 Å². The molecule has 1 aromatic heterocycles. The molecule has 150 valence electrons. The number of hydrogen-bond acceptors (Lipinski definition) is 5. The molecule has 8 nitrogen and oxygen atoms in total. The summed E-state index contributed by atoms with van der Waals surface area (Å²) in [4.78, 5) is 29.0. The quantitative estimate of drug-likeness (QED) is 0.718. The van der Waals surface area contributed by atoms with Crippen LogP contribution >= 0.6 is 0 Å². The van der Waals surface area contributed by atoms with Gasteiger partial charge in [0, 0.05) is 13.2 Å². The van der Waals surface area contributed by atoms with E-state index in [1.54, 1.807) is 18.3 Å². The predicted octanol–water partition coefficient (Wildman–Crippen LogP) is 1.29. The van der Waals surface area contributed by atoms with Crippen LogP contribution < -0.4 is 10.0 Å². The number of amides is 2. The normalized spacial score (nSPS) is 12.3. The molecule has 0 saturated carbocycles. The van der Waals surface area contributed by atoms with Crippen LogP contribution in [0.2, 0.25) is 0 Å². The highest BCUT2D eigenvalue weighted by Crippen LogP contribution is 2.14. The number of carbonyl (C=O) groups is 2. The van der Waals surface area contributed by atoms with Gasteiger partial charge in [-0.2, -0.15) is 4.72 Å². The SMILES string of the molecule is Cc1ccnc(NC(=O)CN(C)C(=O)[C@H](C)NS(=O)(=O)c2ccccc2F)c1. The summed E-state index contributed by atoms with van der Waals surface area (Å²) in [6, 6.07) is 7.09. The number of halogens is 1. The van der Waals surface area contributed by atoms with Crippen LogP contribution in [0.1, 0.15) is 12.5 Å². The lowest BCUT2D eigenvalue weighted by Gasteiger charge is -2.21. The molecule has 0 radical (unpaired) electrons. The number of anilines is 1. The lowest BCUT2D eigenvalue weighted by atomic mass is 10.3. The van der Waals surface area contributed by atoms with Gasteiger partial charge in [0.2, 0.25) is 21.8 Å². The number of aromatic nitrogens is 1. The maximum Gasteiger partial charge on any atom is 0.245 e. The second-order valence-corrected chi connectivity index (χ2v) is 7.92. The molecule has 2 amide bonds. The Labute approximate surface area is 162 Å². The molecule has 0 bridgehead atoms. The van der Waals surface area contributed by atoms with E-state index in [9.17, 15) is 22.4 Å². The monoisotopic (exact) mass is 408 g/mol. The van der Waals surface area contributed by atoms with E-state index in [-0.39, 0.29) is 6.54 Å². The largest absolute Gasteiger partial charge is 0.335 e. The number of aryl methyl sites for hydroxylation is 1. The van der Waals surface area contributed by atoms with Gasteiger partial charge >= 0.3 is 0 Å². The number of sulfonamides is 1. The Hall–Kier alpha value is -2.85. The van der Waals surface area contributed by atoms with Gasteiger partial charge < -0.3 is 10.2 Å². The maximum atomic E-state index is 13.7. The lowest BCUT2D eigenvalue weighted by molar-refractivity contribution is -0.134. The first kappa shape index (κ1) is 21.5. The number of nitrogens with zero attached hydrogens (tertiary/aromatic N) is 2. The minimum atomic E-state index is -4.23. The molecule has 1 heterocycles. The van der Waals surface area contributed by atoms with Crippen molar-refractivity contribution in [1.82, 2.24) is 14.6 Å². The van der Waals surface area contributed by atoms with E-state index in [1.165, 1.54) is 26.1 Å². The summed E-state index contributed by atoms with van der Waals surface area (Å²) >= 11 is 0. The standard InChI is InChI=1S/C18H21FN4O4S/c1-12-8-9-20-16(10-12)21-17(24)11-23(3)18(25)13(2)22-28(26,27)15-7-5-4-6-14(15)19/h4-10,13,22H,11H2,1-3H3,(H,20,21,24)/t13-/m0/s1. The molecule has 0 aliphatic rings.